The number of rotatable bonds is 4. The Labute approximate surface area is 124 Å². The van der Waals surface area contributed by atoms with Gasteiger partial charge in [0, 0.05) is 25.6 Å². The second kappa shape index (κ2) is 6.78. The van der Waals surface area contributed by atoms with Crippen LogP contribution in [0.1, 0.15) is 39.0 Å². The number of carboxylic acids is 1. The van der Waals surface area contributed by atoms with Gasteiger partial charge in [-0.25, -0.2) is 9.59 Å². The van der Waals surface area contributed by atoms with Crippen LogP contribution in [0, 0.1) is 5.92 Å². The standard InChI is InChI=1S/C14H23N3O4/c1-2-9-5-6-17(11(7-9)13(19)20)14(21)15-8-10-3-4-12(18)16-10/h9-11H,2-8H2,1H3,(H,15,21)(H,16,18)(H,19,20). The number of urea groups is 1. The van der Waals surface area contributed by atoms with E-state index in [1.54, 1.807) is 0 Å². The molecule has 2 saturated heterocycles. The molecule has 3 N–H and O–H groups in total. The summed E-state index contributed by atoms with van der Waals surface area (Å²) < 4.78 is 0. The molecule has 0 aromatic heterocycles. The first-order valence-corrected chi connectivity index (χ1v) is 7.58. The van der Waals surface area contributed by atoms with E-state index in [2.05, 4.69) is 10.6 Å². The molecule has 0 saturated carbocycles. The maximum Gasteiger partial charge on any atom is 0.326 e. The Morgan fingerprint density at radius 2 is 2.19 bits per heavy atom. The molecule has 0 aromatic carbocycles. The molecule has 3 unspecified atom stereocenters. The van der Waals surface area contributed by atoms with Crippen molar-refractivity contribution in [3.63, 3.8) is 0 Å². The van der Waals surface area contributed by atoms with Gasteiger partial charge in [0.25, 0.3) is 0 Å². The summed E-state index contributed by atoms with van der Waals surface area (Å²) in [4.78, 5) is 36.0. The van der Waals surface area contributed by atoms with E-state index in [0.717, 1.165) is 12.8 Å². The predicted molar refractivity (Wildman–Crippen MR) is 75.7 cm³/mol. The van der Waals surface area contributed by atoms with Gasteiger partial charge in [0.15, 0.2) is 0 Å². The third-order valence-corrected chi connectivity index (χ3v) is 4.42. The Kier molecular flexibility index (Phi) is 5.03. The Bertz CT molecular complexity index is 426. The van der Waals surface area contributed by atoms with Crippen molar-refractivity contribution in [3.8, 4) is 0 Å². The van der Waals surface area contributed by atoms with Crippen molar-refractivity contribution in [2.24, 2.45) is 5.92 Å². The molecule has 7 nitrogen and oxygen atoms in total. The first kappa shape index (κ1) is 15.6. The summed E-state index contributed by atoms with van der Waals surface area (Å²) in [6.45, 7) is 2.87. The van der Waals surface area contributed by atoms with Crippen LogP contribution in [0.3, 0.4) is 0 Å². The van der Waals surface area contributed by atoms with Gasteiger partial charge in [0.05, 0.1) is 0 Å². The second-order valence-corrected chi connectivity index (χ2v) is 5.84. The zero-order valence-corrected chi connectivity index (χ0v) is 12.3. The Hall–Kier alpha value is -1.79. The molecule has 0 spiro atoms. The molecule has 118 valence electrons. The van der Waals surface area contributed by atoms with Crippen LogP contribution in [0.15, 0.2) is 0 Å². The van der Waals surface area contributed by atoms with Crippen LogP contribution in [-0.4, -0.2) is 53.1 Å². The van der Waals surface area contributed by atoms with Crippen molar-refractivity contribution in [3.05, 3.63) is 0 Å². The van der Waals surface area contributed by atoms with Crippen LogP contribution in [0.4, 0.5) is 4.79 Å². The predicted octanol–water partition coefficient (Wildman–Crippen LogP) is 0.550. The van der Waals surface area contributed by atoms with Gasteiger partial charge in [-0.15, -0.1) is 0 Å². The molecule has 0 radical (unpaired) electrons. The third-order valence-electron chi connectivity index (χ3n) is 4.42. The highest BCUT2D eigenvalue weighted by molar-refractivity contribution is 5.83. The van der Waals surface area contributed by atoms with Crippen molar-refractivity contribution in [1.82, 2.24) is 15.5 Å². The average Bonchev–Trinajstić information content (AvgIpc) is 2.89. The first-order valence-electron chi connectivity index (χ1n) is 7.58. The smallest absolute Gasteiger partial charge is 0.326 e. The highest BCUT2D eigenvalue weighted by Crippen LogP contribution is 2.25. The number of carboxylic acid groups (broad SMARTS) is 1. The summed E-state index contributed by atoms with van der Waals surface area (Å²) in [6.07, 6.45) is 3.49. The van der Waals surface area contributed by atoms with Crippen LogP contribution in [-0.2, 0) is 9.59 Å². The van der Waals surface area contributed by atoms with E-state index in [0.29, 0.717) is 38.3 Å². The summed E-state index contributed by atoms with van der Waals surface area (Å²) in [5, 5.41) is 14.8. The molecule has 2 fully saturated rings. The number of carbonyl (C=O) groups is 3. The van der Waals surface area contributed by atoms with Gasteiger partial charge in [0.1, 0.15) is 6.04 Å². The van der Waals surface area contributed by atoms with Crippen molar-refractivity contribution in [2.45, 2.75) is 51.1 Å². The lowest BCUT2D eigenvalue weighted by atomic mass is 9.89. The topological polar surface area (TPSA) is 98.7 Å². The van der Waals surface area contributed by atoms with Crippen LogP contribution in [0.2, 0.25) is 0 Å². The van der Waals surface area contributed by atoms with Gasteiger partial charge in [0.2, 0.25) is 5.91 Å². The number of hydrogen-bond donors (Lipinski definition) is 3. The molecule has 0 aliphatic carbocycles. The van der Waals surface area contributed by atoms with Gasteiger partial charge in [-0.1, -0.05) is 13.3 Å². The zero-order chi connectivity index (χ0) is 15.4. The molecule has 0 aromatic rings. The van der Waals surface area contributed by atoms with Crippen LogP contribution < -0.4 is 10.6 Å². The fourth-order valence-electron chi connectivity index (χ4n) is 3.03. The monoisotopic (exact) mass is 297 g/mol. The number of nitrogens with one attached hydrogen (secondary N) is 2. The fraction of sp³-hybridized carbons (Fsp3) is 0.786. The number of hydrogen-bond acceptors (Lipinski definition) is 3. The molecule has 3 atom stereocenters. The van der Waals surface area contributed by atoms with Gasteiger partial charge >= 0.3 is 12.0 Å². The lowest BCUT2D eigenvalue weighted by Crippen LogP contribution is -2.54. The molecule has 7 heteroatoms. The molecule has 3 amide bonds. The van der Waals surface area contributed by atoms with Crippen molar-refractivity contribution >= 4 is 17.9 Å². The molecule has 0 bridgehead atoms. The van der Waals surface area contributed by atoms with E-state index < -0.39 is 12.0 Å². The lowest BCUT2D eigenvalue weighted by Gasteiger charge is -2.37. The van der Waals surface area contributed by atoms with Gasteiger partial charge in [-0.3, -0.25) is 4.79 Å². The molecule has 2 aliphatic heterocycles. The number of nitrogens with zero attached hydrogens (tertiary/aromatic N) is 1. The molecule has 2 aliphatic rings. The Morgan fingerprint density at radius 1 is 1.43 bits per heavy atom. The SMILES string of the molecule is CCC1CCN(C(=O)NCC2CCC(=O)N2)C(C(=O)O)C1. The van der Waals surface area contributed by atoms with E-state index in [-0.39, 0.29) is 18.0 Å². The maximum atomic E-state index is 12.2. The number of amides is 3. The minimum atomic E-state index is -0.947. The average molecular weight is 297 g/mol. The van der Waals surface area contributed by atoms with E-state index >= 15 is 0 Å². The fourth-order valence-corrected chi connectivity index (χ4v) is 3.03. The quantitative estimate of drug-likeness (QED) is 0.705. The number of carbonyl (C=O) groups excluding carboxylic acids is 2. The highest BCUT2D eigenvalue weighted by Gasteiger charge is 2.35. The van der Waals surface area contributed by atoms with E-state index in [9.17, 15) is 19.5 Å². The number of piperidine rings is 1. The summed E-state index contributed by atoms with van der Waals surface area (Å²) in [6, 6.07) is -1.14. The van der Waals surface area contributed by atoms with Crippen molar-refractivity contribution in [1.29, 1.82) is 0 Å². The van der Waals surface area contributed by atoms with Crippen LogP contribution in [0.25, 0.3) is 0 Å². The summed E-state index contributed by atoms with van der Waals surface area (Å²) in [7, 11) is 0. The van der Waals surface area contributed by atoms with Gasteiger partial charge in [-0.05, 0) is 25.2 Å². The van der Waals surface area contributed by atoms with E-state index in [1.165, 1.54) is 4.90 Å². The molecule has 2 rings (SSSR count). The minimum absolute atomic E-state index is 0.00132. The molecule has 2 heterocycles. The van der Waals surface area contributed by atoms with Crippen molar-refractivity contribution < 1.29 is 19.5 Å². The number of aliphatic carboxylic acids is 1. The molecular formula is C14H23N3O4. The molecule has 21 heavy (non-hydrogen) atoms. The summed E-state index contributed by atoms with van der Waals surface area (Å²) >= 11 is 0. The minimum Gasteiger partial charge on any atom is -0.480 e. The highest BCUT2D eigenvalue weighted by atomic mass is 16.4. The lowest BCUT2D eigenvalue weighted by molar-refractivity contribution is -0.144. The normalized spacial score (nSPS) is 29.1. The molecular weight excluding hydrogens is 274 g/mol. The number of likely N-dealkylation sites (tertiary alicyclic amines) is 1. The van der Waals surface area contributed by atoms with Crippen LogP contribution >= 0.6 is 0 Å². The second-order valence-electron chi connectivity index (χ2n) is 5.84. The Balaban J connectivity index is 1.87. The van der Waals surface area contributed by atoms with Gasteiger partial charge < -0.3 is 20.6 Å². The first-order chi connectivity index (χ1) is 10.0. The Morgan fingerprint density at radius 3 is 2.76 bits per heavy atom. The van der Waals surface area contributed by atoms with E-state index in [4.69, 9.17) is 0 Å². The maximum absolute atomic E-state index is 12.2. The van der Waals surface area contributed by atoms with Gasteiger partial charge in [-0.2, -0.15) is 0 Å². The van der Waals surface area contributed by atoms with Crippen molar-refractivity contribution in [2.75, 3.05) is 13.1 Å². The summed E-state index contributed by atoms with van der Waals surface area (Å²) in [5.74, 6) is -0.580. The zero-order valence-electron chi connectivity index (χ0n) is 12.3. The van der Waals surface area contributed by atoms with Crippen LogP contribution in [0.5, 0.6) is 0 Å². The largest absolute Gasteiger partial charge is 0.480 e. The summed E-state index contributed by atoms with van der Waals surface area (Å²) in [5.41, 5.74) is 0. The van der Waals surface area contributed by atoms with E-state index in [1.807, 2.05) is 6.92 Å². The third kappa shape index (κ3) is 3.86.